The molecule has 0 spiro atoms. The minimum absolute atomic E-state index is 0.0249. The molecular weight excluding hydrogens is 286 g/mol. The first-order valence-corrected chi connectivity index (χ1v) is 8.01. The van der Waals surface area contributed by atoms with Crippen LogP contribution in [-0.4, -0.2) is 43.5 Å². The number of anilines is 1. The summed E-state index contributed by atoms with van der Waals surface area (Å²) < 4.78 is 0. The van der Waals surface area contributed by atoms with Gasteiger partial charge >= 0.3 is 0 Å². The van der Waals surface area contributed by atoms with Gasteiger partial charge in [0.05, 0.1) is 10.7 Å². The first-order chi connectivity index (χ1) is 10.2. The molecule has 1 aromatic rings. The van der Waals surface area contributed by atoms with Crippen molar-refractivity contribution in [2.75, 3.05) is 32.0 Å². The van der Waals surface area contributed by atoms with E-state index in [1.165, 1.54) is 19.3 Å². The van der Waals surface area contributed by atoms with E-state index in [9.17, 15) is 4.79 Å². The van der Waals surface area contributed by atoms with Gasteiger partial charge in [0.15, 0.2) is 0 Å². The Morgan fingerprint density at radius 3 is 2.95 bits per heavy atom. The number of hydrogen-bond acceptors (Lipinski definition) is 3. The van der Waals surface area contributed by atoms with Crippen LogP contribution in [0.1, 0.15) is 25.7 Å². The lowest BCUT2D eigenvalue weighted by Gasteiger charge is -2.35. The molecule has 0 aliphatic carbocycles. The van der Waals surface area contributed by atoms with Crippen LogP contribution in [-0.2, 0) is 4.79 Å². The molecule has 1 amide bonds. The maximum atomic E-state index is 12.1. The van der Waals surface area contributed by atoms with E-state index in [0.29, 0.717) is 23.2 Å². The van der Waals surface area contributed by atoms with E-state index in [-0.39, 0.29) is 5.91 Å². The number of nitrogens with one attached hydrogen (secondary N) is 2. The van der Waals surface area contributed by atoms with Gasteiger partial charge in [-0.2, -0.15) is 0 Å². The summed E-state index contributed by atoms with van der Waals surface area (Å²) >= 11 is 6.05. The van der Waals surface area contributed by atoms with Gasteiger partial charge in [0.25, 0.3) is 0 Å². The second kappa shape index (κ2) is 8.37. The van der Waals surface area contributed by atoms with Gasteiger partial charge in [0, 0.05) is 25.6 Å². The molecule has 1 heterocycles. The van der Waals surface area contributed by atoms with Crippen LogP contribution in [0.2, 0.25) is 5.02 Å². The maximum Gasteiger partial charge on any atom is 0.225 e. The molecule has 2 N–H and O–H groups in total. The summed E-state index contributed by atoms with van der Waals surface area (Å²) in [5, 5.41) is 6.71. The number of piperidine rings is 1. The van der Waals surface area contributed by atoms with E-state index >= 15 is 0 Å². The first kappa shape index (κ1) is 16.3. The summed E-state index contributed by atoms with van der Waals surface area (Å²) in [5.41, 5.74) is 0.689. The zero-order valence-electron chi connectivity index (χ0n) is 12.6. The minimum Gasteiger partial charge on any atom is -0.325 e. The van der Waals surface area contributed by atoms with Crippen molar-refractivity contribution >= 4 is 23.2 Å². The van der Waals surface area contributed by atoms with Gasteiger partial charge in [-0.15, -0.1) is 0 Å². The molecule has 0 radical (unpaired) electrons. The Hall–Kier alpha value is -1.10. The van der Waals surface area contributed by atoms with Crippen molar-refractivity contribution in [3.8, 4) is 0 Å². The summed E-state index contributed by atoms with van der Waals surface area (Å²) in [5.74, 6) is 0.0249. The van der Waals surface area contributed by atoms with Gasteiger partial charge in [-0.05, 0) is 38.6 Å². The molecule has 21 heavy (non-hydrogen) atoms. The zero-order valence-corrected chi connectivity index (χ0v) is 13.3. The topological polar surface area (TPSA) is 44.4 Å². The number of para-hydroxylation sites is 1. The molecule has 1 atom stereocenters. The van der Waals surface area contributed by atoms with Crippen molar-refractivity contribution in [1.82, 2.24) is 10.2 Å². The van der Waals surface area contributed by atoms with Crippen LogP contribution in [0.3, 0.4) is 0 Å². The van der Waals surface area contributed by atoms with Crippen LogP contribution in [0, 0.1) is 0 Å². The molecule has 1 aliphatic heterocycles. The van der Waals surface area contributed by atoms with Crippen LogP contribution in [0.5, 0.6) is 0 Å². The third kappa shape index (κ3) is 4.99. The molecule has 0 aromatic heterocycles. The number of rotatable bonds is 6. The van der Waals surface area contributed by atoms with Crippen LogP contribution >= 0.6 is 11.6 Å². The number of hydrogen-bond donors (Lipinski definition) is 2. The summed E-state index contributed by atoms with van der Waals surface area (Å²) in [6, 6.07) is 7.88. The minimum atomic E-state index is 0.0249. The highest BCUT2D eigenvalue weighted by Gasteiger charge is 2.22. The monoisotopic (exact) mass is 309 g/mol. The van der Waals surface area contributed by atoms with Crippen molar-refractivity contribution < 1.29 is 4.79 Å². The molecule has 5 heteroatoms. The highest BCUT2D eigenvalue weighted by atomic mass is 35.5. The summed E-state index contributed by atoms with van der Waals surface area (Å²) in [6.07, 6.45) is 4.24. The fourth-order valence-electron chi connectivity index (χ4n) is 2.84. The molecule has 1 aromatic carbocycles. The highest BCUT2D eigenvalue weighted by molar-refractivity contribution is 6.33. The van der Waals surface area contributed by atoms with E-state index in [1.54, 1.807) is 6.07 Å². The van der Waals surface area contributed by atoms with Crippen molar-refractivity contribution in [2.45, 2.75) is 31.7 Å². The molecular formula is C16H24ClN3O. The van der Waals surface area contributed by atoms with E-state index in [0.717, 1.165) is 19.6 Å². The van der Waals surface area contributed by atoms with Crippen LogP contribution < -0.4 is 10.6 Å². The predicted molar refractivity (Wildman–Crippen MR) is 87.8 cm³/mol. The van der Waals surface area contributed by atoms with Gasteiger partial charge in [-0.25, -0.2) is 0 Å². The van der Waals surface area contributed by atoms with Gasteiger partial charge < -0.3 is 10.6 Å². The molecule has 0 saturated carbocycles. The van der Waals surface area contributed by atoms with Gasteiger partial charge in [0.1, 0.15) is 0 Å². The number of likely N-dealkylation sites (tertiary alicyclic amines) is 1. The summed E-state index contributed by atoms with van der Waals surface area (Å²) in [6.45, 7) is 2.89. The SMILES string of the molecule is CNCC1CCCCN1CCC(=O)Nc1ccccc1Cl. The summed E-state index contributed by atoms with van der Waals surface area (Å²) in [4.78, 5) is 14.5. The quantitative estimate of drug-likeness (QED) is 0.849. The lowest BCUT2D eigenvalue weighted by atomic mass is 10.0. The smallest absolute Gasteiger partial charge is 0.225 e. The molecule has 4 nitrogen and oxygen atoms in total. The Morgan fingerprint density at radius 2 is 2.19 bits per heavy atom. The Kier molecular flexibility index (Phi) is 6.49. The maximum absolute atomic E-state index is 12.1. The highest BCUT2D eigenvalue weighted by Crippen LogP contribution is 2.21. The van der Waals surface area contributed by atoms with Crippen molar-refractivity contribution in [3.63, 3.8) is 0 Å². The second-order valence-corrected chi connectivity index (χ2v) is 5.93. The number of likely N-dealkylation sites (N-methyl/N-ethyl adjacent to an activating group) is 1. The van der Waals surface area contributed by atoms with Crippen LogP contribution in [0.15, 0.2) is 24.3 Å². The van der Waals surface area contributed by atoms with Crippen molar-refractivity contribution in [3.05, 3.63) is 29.3 Å². The molecule has 1 unspecified atom stereocenters. The summed E-state index contributed by atoms with van der Waals surface area (Å²) in [7, 11) is 1.98. The average Bonchev–Trinajstić information content (AvgIpc) is 2.49. The van der Waals surface area contributed by atoms with E-state index in [2.05, 4.69) is 15.5 Å². The molecule has 1 aliphatic rings. The number of halogens is 1. The Bertz CT molecular complexity index is 465. The third-order valence-electron chi connectivity index (χ3n) is 3.96. The largest absolute Gasteiger partial charge is 0.325 e. The van der Waals surface area contributed by atoms with Crippen molar-refractivity contribution in [2.24, 2.45) is 0 Å². The normalized spacial score (nSPS) is 19.4. The van der Waals surface area contributed by atoms with E-state index < -0.39 is 0 Å². The molecule has 1 saturated heterocycles. The number of nitrogens with zero attached hydrogens (tertiary/aromatic N) is 1. The Morgan fingerprint density at radius 1 is 1.38 bits per heavy atom. The van der Waals surface area contributed by atoms with E-state index in [4.69, 9.17) is 11.6 Å². The fraction of sp³-hybridized carbons (Fsp3) is 0.562. The lowest BCUT2D eigenvalue weighted by Crippen LogP contribution is -2.45. The number of carbonyl (C=O) groups excluding carboxylic acids is 1. The molecule has 0 bridgehead atoms. The van der Waals surface area contributed by atoms with E-state index in [1.807, 2.05) is 25.2 Å². The molecule has 1 fully saturated rings. The number of amides is 1. The first-order valence-electron chi connectivity index (χ1n) is 7.63. The van der Waals surface area contributed by atoms with Crippen LogP contribution in [0.4, 0.5) is 5.69 Å². The molecule has 2 rings (SSSR count). The number of benzene rings is 1. The second-order valence-electron chi connectivity index (χ2n) is 5.52. The predicted octanol–water partition coefficient (Wildman–Crippen LogP) is 2.74. The van der Waals surface area contributed by atoms with Gasteiger partial charge in [-0.1, -0.05) is 30.2 Å². The third-order valence-corrected chi connectivity index (χ3v) is 4.29. The van der Waals surface area contributed by atoms with Gasteiger partial charge in [-0.3, -0.25) is 9.69 Å². The Balaban J connectivity index is 1.81. The number of carbonyl (C=O) groups is 1. The van der Waals surface area contributed by atoms with Crippen LogP contribution in [0.25, 0.3) is 0 Å². The average molecular weight is 310 g/mol. The standard InChI is InChI=1S/C16H24ClN3O/c1-18-12-13-6-4-5-10-20(13)11-9-16(21)19-15-8-3-2-7-14(15)17/h2-3,7-8,13,18H,4-6,9-12H2,1H3,(H,19,21). The van der Waals surface area contributed by atoms with Crippen molar-refractivity contribution in [1.29, 1.82) is 0 Å². The lowest BCUT2D eigenvalue weighted by molar-refractivity contribution is -0.116. The fourth-order valence-corrected chi connectivity index (χ4v) is 3.02. The zero-order chi connectivity index (χ0) is 15.1. The molecule has 116 valence electrons. The van der Waals surface area contributed by atoms with Gasteiger partial charge in [0.2, 0.25) is 5.91 Å². The Labute approximate surface area is 131 Å².